The van der Waals surface area contributed by atoms with Gasteiger partial charge in [0.05, 0.1) is 12.1 Å². The lowest BCUT2D eigenvalue weighted by Crippen LogP contribution is -2.28. The predicted octanol–water partition coefficient (Wildman–Crippen LogP) is 3.12. The van der Waals surface area contributed by atoms with Crippen LogP contribution >= 0.6 is 11.6 Å². The standard InChI is InChI=1S/C13H18ClNO/c1-9-6-11(7-12(16-2)13(9)14)10-4-3-5-15-8-10/h6-7,10,15H,3-5,8H2,1-2H3. The van der Waals surface area contributed by atoms with Gasteiger partial charge in [-0.2, -0.15) is 0 Å². The summed E-state index contributed by atoms with van der Waals surface area (Å²) >= 11 is 6.16. The second-order valence-corrected chi connectivity index (χ2v) is 4.78. The smallest absolute Gasteiger partial charge is 0.138 e. The second kappa shape index (κ2) is 5.07. The molecule has 1 saturated heterocycles. The molecule has 0 radical (unpaired) electrons. The van der Waals surface area contributed by atoms with Gasteiger partial charge < -0.3 is 10.1 Å². The van der Waals surface area contributed by atoms with E-state index >= 15 is 0 Å². The molecule has 3 heteroatoms. The number of aryl methyl sites for hydroxylation is 1. The van der Waals surface area contributed by atoms with E-state index in [1.807, 2.05) is 6.92 Å². The maximum atomic E-state index is 6.16. The van der Waals surface area contributed by atoms with Crippen LogP contribution in [0.2, 0.25) is 5.02 Å². The number of piperidine rings is 1. The van der Waals surface area contributed by atoms with Crippen LogP contribution in [0.3, 0.4) is 0 Å². The van der Waals surface area contributed by atoms with Gasteiger partial charge in [0.25, 0.3) is 0 Å². The Labute approximate surface area is 102 Å². The van der Waals surface area contributed by atoms with Crippen molar-refractivity contribution in [3.63, 3.8) is 0 Å². The summed E-state index contributed by atoms with van der Waals surface area (Å²) in [4.78, 5) is 0. The van der Waals surface area contributed by atoms with E-state index in [9.17, 15) is 0 Å². The number of hydrogen-bond donors (Lipinski definition) is 1. The van der Waals surface area contributed by atoms with Crippen molar-refractivity contribution in [2.45, 2.75) is 25.7 Å². The Hall–Kier alpha value is -0.730. The highest BCUT2D eigenvalue weighted by molar-refractivity contribution is 6.32. The predicted molar refractivity (Wildman–Crippen MR) is 67.6 cm³/mol. The molecular weight excluding hydrogens is 222 g/mol. The Morgan fingerprint density at radius 2 is 2.25 bits per heavy atom. The molecule has 0 aromatic heterocycles. The zero-order valence-electron chi connectivity index (χ0n) is 9.85. The molecule has 0 aliphatic carbocycles. The van der Waals surface area contributed by atoms with Crippen molar-refractivity contribution < 1.29 is 4.74 Å². The summed E-state index contributed by atoms with van der Waals surface area (Å²) in [6.45, 7) is 4.23. The summed E-state index contributed by atoms with van der Waals surface area (Å²) < 4.78 is 5.30. The van der Waals surface area contributed by atoms with Gasteiger partial charge in [0.2, 0.25) is 0 Å². The van der Waals surface area contributed by atoms with Crippen molar-refractivity contribution in [3.8, 4) is 5.75 Å². The molecule has 1 unspecified atom stereocenters. The van der Waals surface area contributed by atoms with Crippen LogP contribution in [0.15, 0.2) is 12.1 Å². The van der Waals surface area contributed by atoms with Crippen molar-refractivity contribution in [2.75, 3.05) is 20.2 Å². The molecule has 1 aliphatic rings. The fourth-order valence-electron chi connectivity index (χ4n) is 2.28. The van der Waals surface area contributed by atoms with E-state index in [-0.39, 0.29) is 0 Å². The largest absolute Gasteiger partial charge is 0.495 e. The molecule has 88 valence electrons. The van der Waals surface area contributed by atoms with Crippen LogP contribution in [0.25, 0.3) is 0 Å². The maximum absolute atomic E-state index is 6.16. The van der Waals surface area contributed by atoms with Gasteiger partial charge in [-0.1, -0.05) is 17.7 Å². The average Bonchev–Trinajstić information content (AvgIpc) is 2.33. The summed E-state index contributed by atoms with van der Waals surface area (Å²) in [6.07, 6.45) is 2.49. The topological polar surface area (TPSA) is 21.3 Å². The maximum Gasteiger partial charge on any atom is 0.138 e. The number of hydrogen-bond acceptors (Lipinski definition) is 2. The zero-order chi connectivity index (χ0) is 11.5. The van der Waals surface area contributed by atoms with E-state index in [1.54, 1.807) is 7.11 Å². The Bertz CT molecular complexity index is 372. The van der Waals surface area contributed by atoms with Gasteiger partial charge in [-0.05, 0) is 49.4 Å². The van der Waals surface area contributed by atoms with E-state index in [1.165, 1.54) is 18.4 Å². The fraction of sp³-hybridized carbons (Fsp3) is 0.538. The van der Waals surface area contributed by atoms with Crippen LogP contribution in [0, 0.1) is 6.92 Å². The van der Waals surface area contributed by atoms with Gasteiger partial charge in [0.15, 0.2) is 0 Å². The minimum Gasteiger partial charge on any atom is -0.495 e. The first-order valence-electron chi connectivity index (χ1n) is 5.77. The van der Waals surface area contributed by atoms with E-state index in [0.717, 1.165) is 29.4 Å². The molecule has 2 nitrogen and oxygen atoms in total. The van der Waals surface area contributed by atoms with Crippen LogP contribution in [-0.4, -0.2) is 20.2 Å². The van der Waals surface area contributed by atoms with Gasteiger partial charge in [-0.3, -0.25) is 0 Å². The molecule has 1 atom stereocenters. The van der Waals surface area contributed by atoms with E-state index in [2.05, 4.69) is 17.4 Å². The Morgan fingerprint density at radius 1 is 1.44 bits per heavy atom. The molecule has 1 aliphatic heterocycles. The second-order valence-electron chi connectivity index (χ2n) is 4.40. The summed E-state index contributed by atoms with van der Waals surface area (Å²) in [5.74, 6) is 1.39. The molecule has 2 rings (SSSR count). The van der Waals surface area contributed by atoms with Crippen LogP contribution in [0.4, 0.5) is 0 Å². The van der Waals surface area contributed by atoms with Crippen LogP contribution in [-0.2, 0) is 0 Å². The van der Waals surface area contributed by atoms with E-state index < -0.39 is 0 Å². The lowest BCUT2D eigenvalue weighted by atomic mass is 9.90. The zero-order valence-corrected chi connectivity index (χ0v) is 10.6. The Balaban J connectivity index is 2.29. The van der Waals surface area contributed by atoms with Crippen molar-refractivity contribution in [2.24, 2.45) is 0 Å². The van der Waals surface area contributed by atoms with E-state index in [0.29, 0.717) is 5.92 Å². The van der Waals surface area contributed by atoms with Crippen molar-refractivity contribution in [3.05, 3.63) is 28.3 Å². The Morgan fingerprint density at radius 3 is 2.88 bits per heavy atom. The average molecular weight is 240 g/mol. The number of nitrogens with one attached hydrogen (secondary N) is 1. The quantitative estimate of drug-likeness (QED) is 0.856. The Kier molecular flexibility index (Phi) is 3.72. The molecule has 1 aromatic carbocycles. The summed E-state index contributed by atoms with van der Waals surface area (Å²) in [7, 11) is 1.67. The van der Waals surface area contributed by atoms with Gasteiger partial charge in [0.1, 0.15) is 5.75 Å². The van der Waals surface area contributed by atoms with Crippen molar-refractivity contribution >= 4 is 11.6 Å². The molecule has 16 heavy (non-hydrogen) atoms. The third-order valence-electron chi connectivity index (χ3n) is 3.23. The van der Waals surface area contributed by atoms with Crippen molar-refractivity contribution in [1.29, 1.82) is 0 Å². The minimum atomic E-state index is 0.596. The normalized spacial score (nSPS) is 20.8. The van der Waals surface area contributed by atoms with Gasteiger partial charge >= 0.3 is 0 Å². The third kappa shape index (κ3) is 2.33. The molecule has 0 amide bonds. The highest BCUT2D eigenvalue weighted by atomic mass is 35.5. The monoisotopic (exact) mass is 239 g/mol. The van der Waals surface area contributed by atoms with Gasteiger partial charge in [-0.25, -0.2) is 0 Å². The SMILES string of the molecule is COc1cc(C2CCCNC2)cc(C)c1Cl. The van der Waals surface area contributed by atoms with Crippen LogP contribution in [0.1, 0.15) is 29.9 Å². The number of benzene rings is 1. The molecule has 1 fully saturated rings. The highest BCUT2D eigenvalue weighted by Gasteiger charge is 2.17. The van der Waals surface area contributed by atoms with Crippen LogP contribution < -0.4 is 10.1 Å². The molecule has 0 saturated carbocycles. The molecular formula is C13H18ClNO. The first-order valence-corrected chi connectivity index (χ1v) is 6.15. The molecule has 0 bridgehead atoms. The first kappa shape index (κ1) is 11.7. The fourth-order valence-corrected chi connectivity index (χ4v) is 2.47. The molecule has 1 heterocycles. The molecule has 1 aromatic rings. The lowest BCUT2D eigenvalue weighted by molar-refractivity contribution is 0.411. The number of halogens is 1. The lowest BCUT2D eigenvalue weighted by Gasteiger charge is -2.24. The first-order chi connectivity index (χ1) is 7.72. The van der Waals surface area contributed by atoms with E-state index in [4.69, 9.17) is 16.3 Å². The van der Waals surface area contributed by atoms with Gasteiger partial charge in [-0.15, -0.1) is 0 Å². The summed E-state index contributed by atoms with van der Waals surface area (Å²) in [5, 5.41) is 4.16. The van der Waals surface area contributed by atoms with Crippen LogP contribution in [0.5, 0.6) is 5.75 Å². The number of ether oxygens (including phenoxy) is 1. The van der Waals surface area contributed by atoms with Crippen molar-refractivity contribution in [1.82, 2.24) is 5.32 Å². The number of rotatable bonds is 2. The molecule has 0 spiro atoms. The summed E-state index contributed by atoms with van der Waals surface area (Å²) in [6, 6.07) is 4.26. The minimum absolute atomic E-state index is 0.596. The highest BCUT2D eigenvalue weighted by Crippen LogP contribution is 2.33. The third-order valence-corrected chi connectivity index (χ3v) is 3.72. The summed E-state index contributed by atoms with van der Waals surface area (Å²) in [5.41, 5.74) is 2.44. The molecule has 1 N–H and O–H groups in total. The number of methoxy groups -OCH3 is 1. The van der Waals surface area contributed by atoms with Gasteiger partial charge in [0, 0.05) is 6.54 Å².